The molecule has 1 saturated heterocycles. The maximum atomic E-state index is 4.43. The van der Waals surface area contributed by atoms with Gasteiger partial charge in [0.2, 0.25) is 0 Å². The minimum atomic E-state index is 0.639. The molecule has 0 aliphatic carbocycles. The summed E-state index contributed by atoms with van der Waals surface area (Å²) in [6.07, 6.45) is 2.41. The van der Waals surface area contributed by atoms with Crippen molar-refractivity contribution in [2.24, 2.45) is 10.9 Å². The average molecular weight is 273 g/mol. The van der Waals surface area contributed by atoms with Gasteiger partial charge in [-0.2, -0.15) is 0 Å². The second-order valence-corrected chi connectivity index (χ2v) is 6.00. The summed E-state index contributed by atoms with van der Waals surface area (Å²) in [4.78, 5) is 6.81. The van der Waals surface area contributed by atoms with Crippen LogP contribution in [0.3, 0.4) is 0 Å². The molecule has 0 amide bonds. The van der Waals surface area contributed by atoms with E-state index >= 15 is 0 Å². The lowest BCUT2D eigenvalue weighted by molar-refractivity contribution is 0.477. The highest BCUT2D eigenvalue weighted by Crippen LogP contribution is 2.26. The molecule has 1 heterocycles. The van der Waals surface area contributed by atoms with Gasteiger partial charge in [0.1, 0.15) is 0 Å². The fourth-order valence-electron chi connectivity index (χ4n) is 2.75. The molecule has 1 aromatic carbocycles. The van der Waals surface area contributed by atoms with Gasteiger partial charge in [-0.05, 0) is 24.3 Å². The number of likely N-dealkylation sites (tertiary alicyclic amines) is 1. The molecule has 0 spiro atoms. The summed E-state index contributed by atoms with van der Waals surface area (Å²) < 4.78 is 0. The molecule has 1 fully saturated rings. The Morgan fingerprint density at radius 2 is 2.10 bits per heavy atom. The molecule has 2 rings (SSSR count). The second kappa shape index (κ2) is 7.32. The third kappa shape index (κ3) is 3.99. The minimum absolute atomic E-state index is 0.639. The quantitative estimate of drug-likeness (QED) is 0.674. The van der Waals surface area contributed by atoms with E-state index in [1.165, 1.54) is 18.4 Å². The summed E-state index contributed by atoms with van der Waals surface area (Å²) in [5.41, 5.74) is 1.45. The van der Waals surface area contributed by atoms with Crippen molar-refractivity contribution in [3.05, 3.63) is 35.9 Å². The van der Waals surface area contributed by atoms with Gasteiger partial charge in [-0.1, -0.05) is 44.2 Å². The molecule has 0 bridgehead atoms. The van der Waals surface area contributed by atoms with E-state index in [1.54, 1.807) is 0 Å². The molecule has 0 radical (unpaired) electrons. The van der Waals surface area contributed by atoms with Gasteiger partial charge in [0.25, 0.3) is 0 Å². The van der Waals surface area contributed by atoms with Crippen molar-refractivity contribution in [3.8, 4) is 0 Å². The third-order valence-corrected chi connectivity index (χ3v) is 3.98. The van der Waals surface area contributed by atoms with E-state index in [0.29, 0.717) is 5.92 Å². The Morgan fingerprint density at radius 3 is 2.75 bits per heavy atom. The lowest BCUT2D eigenvalue weighted by Crippen LogP contribution is -2.40. The molecule has 1 aliphatic rings. The SMILES string of the molecule is CN=C(NCCC(C)C)N1CCC(c2ccccc2)C1. The Bertz CT molecular complexity index is 425. The first-order valence-corrected chi connectivity index (χ1v) is 7.71. The van der Waals surface area contributed by atoms with Gasteiger partial charge in [0.05, 0.1) is 0 Å². The largest absolute Gasteiger partial charge is 0.356 e. The average Bonchev–Trinajstić information content (AvgIpc) is 2.94. The van der Waals surface area contributed by atoms with Gasteiger partial charge in [0.15, 0.2) is 5.96 Å². The van der Waals surface area contributed by atoms with Crippen LogP contribution >= 0.6 is 0 Å². The fourth-order valence-corrected chi connectivity index (χ4v) is 2.75. The minimum Gasteiger partial charge on any atom is -0.356 e. The van der Waals surface area contributed by atoms with Crippen LogP contribution in [0.2, 0.25) is 0 Å². The standard InChI is InChI=1S/C17H27N3/c1-14(2)9-11-19-17(18-3)20-12-10-16(13-20)15-7-5-4-6-8-15/h4-8,14,16H,9-13H2,1-3H3,(H,18,19). The molecule has 3 heteroatoms. The van der Waals surface area contributed by atoms with Crippen molar-refractivity contribution in [1.29, 1.82) is 0 Å². The number of nitrogens with zero attached hydrogens (tertiary/aromatic N) is 2. The highest BCUT2D eigenvalue weighted by Gasteiger charge is 2.25. The molecule has 20 heavy (non-hydrogen) atoms. The lowest BCUT2D eigenvalue weighted by Gasteiger charge is -2.22. The maximum Gasteiger partial charge on any atom is 0.193 e. The fraction of sp³-hybridized carbons (Fsp3) is 0.588. The van der Waals surface area contributed by atoms with Crippen LogP contribution in [0.4, 0.5) is 0 Å². The molecule has 1 unspecified atom stereocenters. The van der Waals surface area contributed by atoms with Crippen LogP contribution in [-0.2, 0) is 0 Å². The van der Waals surface area contributed by atoms with Crippen molar-refractivity contribution in [1.82, 2.24) is 10.2 Å². The van der Waals surface area contributed by atoms with Gasteiger partial charge in [-0.3, -0.25) is 4.99 Å². The first-order valence-electron chi connectivity index (χ1n) is 7.71. The zero-order valence-corrected chi connectivity index (χ0v) is 13.0. The van der Waals surface area contributed by atoms with E-state index in [2.05, 4.69) is 59.4 Å². The second-order valence-electron chi connectivity index (χ2n) is 6.00. The maximum absolute atomic E-state index is 4.43. The molecular formula is C17H27N3. The predicted octanol–water partition coefficient (Wildman–Crippen LogP) is 3.10. The van der Waals surface area contributed by atoms with Gasteiger partial charge in [-0.25, -0.2) is 0 Å². The van der Waals surface area contributed by atoms with Crippen LogP contribution in [0, 0.1) is 5.92 Å². The monoisotopic (exact) mass is 273 g/mol. The number of guanidine groups is 1. The smallest absolute Gasteiger partial charge is 0.193 e. The van der Waals surface area contributed by atoms with Crippen molar-refractivity contribution in [2.75, 3.05) is 26.7 Å². The molecule has 1 atom stereocenters. The Morgan fingerprint density at radius 1 is 1.35 bits per heavy atom. The Labute approximate surface area is 123 Å². The molecular weight excluding hydrogens is 246 g/mol. The molecule has 0 aromatic heterocycles. The zero-order chi connectivity index (χ0) is 14.4. The van der Waals surface area contributed by atoms with Gasteiger partial charge in [-0.15, -0.1) is 0 Å². The normalized spacial score (nSPS) is 19.7. The Hall–Kier alpha value is -1.51. The summed E-state index contributed by atoms with van der Waals surface area (Å²) >= 11 is 0. The number of benzene rings is 1. The van der Waals surface area contributed by atoms with E-state index in [9.17, 15) is 0 Å². The lowest BCUT2D eigenvalue weighted by atomic mass is 9.99. The summed E-state index contributed by atoms with van der Waals surface area (Å²) in [6, 6.07) is 10.8. The molecule has 1 N–H and O–H groups in total. The van der Waals surface area contributed by atoms with Gasteiger partial charge < -0.3 is 10.2 Å². The Kier molecular flexibility index (Phi) is 5.45. The van der Waals surface area contributed by atoms with Crippen LogP contribution in [-0.4, -0.2) is 37.5 Å². The van der Waals surface area contributed by atoms with Crippen molar-refractivity contribution < 1.29 is 0 Å². The highest BCUT2D eigenvalue weighted by molar-refractivity contribution is 5.80. The number of aliphatic imine (C=N–C) groups is 1. The molecule has 3 nitrogen and oxygen atoms in total. The first-order chi connectivity index (χ1) is 9.70. The topological polar surface area (TPSA) is 27.6 Å². The Balaban J connectivity index is 1.87. The van der Waals surface area contributed by atoms with Crippen LogP contribution in [0.15, 0.2) is 35.3 Å². The van der Waals surface area contributed by atoms with Crippen LogP contribution in [0.25, 0.3) is 0 Å². The molecule has 1 aliphatic heterocycles. The zero-order valence-electron chi connectivity index (χ0n) is 13.0. The van der Waals surface area contributed by atoms with E-state index in [0.717, 1.165) is 31.5 Å². The van der Waals surface area contributed by atoms with Crippen molar-refractivity contribution >= 4 is 5.96 Å². The van der Waals surface area contributed by atoms with Crippen LogP contribution in [0.5, 0.6) is 0 Å². The summed E-state index contributed by atoms with van der Waals surface area (Å²) in [7, 11) is 1.88. The van der Waals surface area contributed by atoms with E-state index < -0.39 is 0 Å². The predicted molar refractivity (Wildman–Crippen MR) is 86.2 cm³/mol. The summed E-state index contributed by atoms with van der Waals surface area (Å²) in [5, 5.41) is 3.49. The summed E-state index contributed by atoms with van der Waals surface area (Å²) in [5.74, 6) is 2.43. The van der Waals surface area contributed by atoms with E-state index in [-0.39, 0.29) is 0 Å². The van der Waals surface area contributed by atoms with Crippen molar-refractivity contribution in [3.63, 3.8) is 0 Å². The van der Waals surface area contributed by atoms with Crippen LogP contribution in [0.1, 0.15) is 38.2 Å². The molecule has 1 aromatic rings. The molecule has 110 valence electrons. The number of nitrogens with one attached hydrogen (secondary N) is 1. The third-order valence-electron chi connectivity index (χ3n) is 3.98. The van der Waals surface area contributed by atoms with E-state index in [4.69, 9.17) is 0 Å². The van der Waals surface area contributed by atoms with Gasteiger partial charge >= 0.3 is 0 Å². The van der Waals surface area contributed by atoms with Crippen molar-refractivity contribution in [2.45, 2.75) is 32.6 Å². The number of rotatable bonds is 4. The highest BCUT2D eigenvalue weighted by atomic mass is 15.3. The van der Waals surface area contributed by atoms with Crippen LogP contribution < -0.4 is 5.32 Å². The van der Waals surface area contributed by atoms with E-state index in [1.807, 2.05) is 7.05 Å². The molecule has 0 saturated carbocycles. The van der Waals surface area contributed by atoms with Gasteiger partial charge in [0, 0.05) is 32.6 Å². The number of hydrogen-bond donors (Lipinski definition) is 1. The summed E-state index contributed by atoms with van der Waals surface area (Å²) in [6.45, 7) is 7.70. The first kappa shape index (κ1) is 14.9. The number of hydrogen-bond acceptors (Lipinski definition) is 1.